The molecule has 0 aliphatic rings. The second-order valence-electron chi connectivity index (χ2n) is 4.63. The van der Waals surface area contributed by atoms with Gasteiger partial charge in [-0.2, -0.15) is 17.2 Å². The molecule has 122 valence electrons. The van der Waals surface area contributed by atoms with Crippen LogP contribution in [0.5, 0.6) is 0 Å². The molecule has 8 heteroatoms. The van der Waals surface area contributed by atoms with E-state index in [-0.39, 0.29) is 5.56 Å². The molecule has 0 bridgehead atoms. The van der Waals surface area contributed by atoms with Crippen LogP contribution in [0.1, 0.15) is 10.4 Å². The number of alkyl halides is 2. The van der Waals surface area contributed by atoms with E-state index in [1.807, 2.05) is 30.3 Å². The van der Waals surface area contributed by atoms with E-state index in [1.54, 1.807) is 12.1 Å². The molecule has 0 saturated heterocycles. The second-order valence-corrected chi connectivity index (χ2v) is 6.18. The Labute approximate surface area is 131 Å². The fourth-order valence-corrected chi connectivity index (χ4v) is 1.94. The number of hydrogen-bond acceptors (Lipinski definition) is 4. The van der Waals surface area contributed by atoms with E-state index < -0.39 is 27.9 Å². The molecule has 23 heavy (non-hydrogen) atoms. The Kier molecular flexibility index (Phi) is 4.76. The van der Waals surface area contributed by atoms with Crippen LogP contribution in [-0.4, -0.2) is 30.8 Å². The first-order valence-electron chi connectivity index (χ1n) is 6.38. The van der Waals surface area contributed by atoms with Crippen molar-refractivity contribution >= 4 is 16.1 Å². The maximum Gasteiger partial charge on any atom is 0.402 e. The molecule has 2 aromatic rings. The number of carbonyl (C=O) groups is 1. The van der Waals surface area contributed by atoms with Gasteiger partial charge in [0.2, 0.25) is 0 Å². The van der Waals surface area contributed by atoms with Crippen molar-refractivity contribution in [3.05, 3.63) is 60.2 Å². The molecule has 0 aliphatic heterocycles. The lowest BCUT2D eigenvalue weighted by Gasteiger charge is -2.13. The summed E-state index contributed by atoms with van der Waals surface area (Å²) < 4.78 is 59.3. The van der Waals surface area contributed by atoms with Gasteiger partial charge in [-0.15, -0.1) is 0 Å². The summed E-state index contributed by atoms with van der Waals surface area (Å²) in [7, 11) is -5.63. The summed E-state index contributed by atoms with van der Waals surface area (Å²) >= 11 is 0. The fourth-order valence-electron chi connectivity index (χ4n) is 1.74. The van der Waals surface area contributed by atoms with Gasteiger partial charge in [-0.05, 0) is 23.3 Å². The lowest BCUT2D eigenvalue weighted by molar-refractivity contribution is -0.00950. The molecule has 1 N–H and O–H groups in total. The number of esters is 1. The zero-order valence-electron chi connectivity index (χ0n) is 11.6. The van der Waals surface area contributed by atoms with E-state index in [0.717, 1.165) is 11.1 Å². The fraction of sp³-hybridized carbons (Fsp3) is 0.133. The lowest BCUT2D eigenvalue weighted by atomic mass is 10.0. The summed E-state index contributed by atoms with van der Waals surface area (Å²) in [6.07, 6.45) is 0. The average Bonchev–Trinajstić information content (AvgIpc) is 2.52. The first-order valence-corrected chi connectivity index (χ1v) is 7.82. The lowest BCUT2D eigenvalue weighted by Crippen LogP contribution is -2.34. The van der Waals surface area contributed by atoms with Crippen LogP contribution in [0, 0.1) is 0 Å². The van der Waals surface area contributed by atoms with E-state index >= 15 is 0 Å². The van der Waals surface area contributed by atoms with Gasteiger partial charge < -0.3 is 4.74 Å². The van der Waals surface area contributed by atoms with Gasteiger partial charge in [0.1, 0.15) is 0 Å². The van der Waals surface area contributed by atoms with Crippen LogP contribution < -0.4 is 0 Å². The molecule has 0 atom stereocenters. The van der Waals surface area contributed by atoms with Crippen molar-refractivity contribution in [1.82, 2.24) is 0 Å². The molecule has 0 spiro atoms. The zero-order chi connectivity index (χ0) is 17.1. The Hall–Kier alpha value is -2.32. The third-order valence-corrected chi connectivity index (χ3v) is 3.85. The predicted molar refractivity (Wildman–Crippen MR) is 78.7 cm³/mol. The minimum Gasteiger partial charge on any atom is -0.454 e. The molecule has 0 aromatic heterocycles. The number of benzene rings is 2. The predicted octanol–water partition coefficient (Wildman–Crippen LogP) is 2.99. The quantitative estimate of drug-likeness (QED) is 0.667. The molecule has 0 radical (unpaired) electrons. The van der Waals surface area contributed by atoms with Crippen LogP contribution in [0.3, 0.4) is 0 Å². The molecule has 2 aromatic carbocycles. The first-order chi connectivity index (χ1) is 10.7. The Morgan fingerprint density at radius 1 is 1.00 bits per heavy atom. The monoisotopic (exact) mass is 342 g/mol. The minimum atomic E-state index is -5.63. The normalized spacial score (nSPS) is 12.0. The van der Waals surface area contributed by atoms with Gasteiger partial charge in [0.25, 0.3) is 0 Å². The van der Waals surface area contributed by atoms with Crippen molar-refractivity contribution in [3.63, 3.8) is 0 Å². The standard InChI is InChI=1S/C15H12F2O5S/c16-15(17,23(19,20)21)10-22-14(18)13-8-6-12(7-9-13)11-4-2-1-3-5-11/h1-9H,10H2,(H,19,20,21). The van der Waals surface area contributed by atoms with E-state index in [0.29, 0.717) is 0 Å². The van der Waals surface area contributed by atoms with Gasteiger partial charge in [-0.3, -0.25) is 4.55 Å². The van der Waals surface area contributed by atoms with E-state index in [4.69, 9.17) is 4.55 Å². The van der Waals surface area contributed by atoms with Crippen molar-refractivity contribution < 1.29 is 31.3 Å². The summed E-state index contributed by atoms with van der Waals surface area (Å²) in [5.41, 5.74) is 1.70. The summed E-state index contributed by atoms with van der Waals surface area (Å²) in [6.45, 7) is -1.76. The Bertz CT molecular complexity index is 786. The second kappa shape index (κ2) is 6.43. The van der Waals surface area contributed by atoms with Crippen LogP contribution in [0.2, 0.25) is 0 Å². The van der Waals surface area contributed by atoms with Crippen LogP contribution in [-0.2, 0) is 14.9 Å². The number of ether oxygens (including phenoxy) is 1. The number of carbonyl (C=O) groups excluding carboxylic acids is 1. The van der Waals surface area contributed by atoms with E-state index in [2.05, 4.69) is 4.74 Å². The molecule has 5 nitrogen and oxygen atoms in total. The van der Waals surface area contributed by atoms with Gasteiger partial charge in [0.05, 0.1) is 5.56 Å². The minimum absolute atomic E-state index is 0.0178. The third-order valence-electron chi connectivity index (χ3n) is 2.98. The highest BCUT2D eigenvalue weighted by atomic mass is 32.2. The van der Waals surface area contributed by atoms with Crippen LogP contribution in [0.4, 0.5) is 8.78 Å². The number of hydrogen-bond donors (Lipinski definition) is 1. The van der Waals surface area contributed by atoms with Crippen molar-refractivity contribution in [1.29, 1.82) is 0 Å². The third kappa shape index (κ3) is 4.11. The molecule has 0 aliphatic carbocycles. The van der Waals surface area contributed by atoms with Crippen LogP contribution in [0.25, 0.3) is 11.1 Å². The molecule has 0 saturated carbocycles. The van der Waals surface area contributed by atoms with Gasteiger partial charge in [0.15, 0.2) is 6.61 Å². The largest absolute Gasteiger partial charge is 0.454 e. The SMILES string of the molecule is O=C(OCC(F)(F)S(=O)(=O)O)c1ccc(-c2ccccc2)cc1. The topological polar surface area (TPSA) is 80.7 Å². The Balaban J connectivity index is 2.07. The maximum absolute atomic E-state index is 13.0. The van der Waals surface area contributed by atoms with Crippen LogP contribution >= 0.6 is 0 Å². The summed E-state index contributed by atoms with van der Waals surface area (Å²) in [4.78, 5) is 11.6. The van der Waals surface area contributed by atoms with E-state index in [1.165, 1.54) is 12.1 Å². The highest BCUT2D eigenvalue weighted by Crippen LogP contribution is 2.22. The summed E-state index contributed by atoms with van der Waals surface area (Å²) in [5, 5.41) is -4.55. The van der Waals surface area contributed by atoms with Gasteiger partial charge >= 0.3 is 21.3 Å². The van der Waals surface area contributed by atoms with Gasteiger partial charge in [-0.25, -0.2) is 4.79 Å². The molecule has 0 unspecified atom stereocenters. The van der Waals surface area contributed by atoms with Crippen molar-refractivity contribution in [2.75, 3.05) is 6.61 Å². The smallest absolute Gasteiger partial charge is 0.402 e. The summed E-state index contributed by atoms with van der Waals surface area (Å²) in [6, 6.07) is 15.2. The first kappa shape index (κ1) is 17.0. The molecule has 0 amide bonds. The van der Waals surface area contributed by atoms with Gasteiger partial charge in [-0.1, -0.05) is 42.5 Å². The molecule has 2 rings (SSSR count). The number of rotatable bonds is 5. The maximum atomic E-state index is 13.0. The zero-order valence-corrected chi connectivity index (χ0v) is 12.5. The van der Waals surface area contributed by atoms with Crippen molar-refractivity contribution in [2.45, 2.75) is 5.25 Å². The molecule has 0 fully saturated rings. The Morgan fingerprint density at radius 3 is 2.04 bits per heavy atom. The van der Waals surface area contributed by atoms with Gasteiger partial charge in [0, 0.05) is 0 Å². The van der Waals surface area contributed by atoms with Crippen molar-refractivity contribution in [3.8, 4) is 11.1 Å². The highest BCUT2D eigenvalue weighted by Gasteiger charge is 2.45. The molecule has 0 heterocycles. The molecular formula is C15H12F2O5S. The van der Waals surface area contributed by atoms with Crippen molar-refractivity contribution in [2.24, 2.45) is 0 Å². The van der Waals surface area contributed by atoms with E-state index in [9.17, 15) is 22.0 Å². The summed E-state index contributed by atoms with van der Waals surface area (Å²) in [5.74, 6) is -1.12. The van der Waals surface area contributed by atoms with Crippen LogP contribution in [0.15, 0.2) is 54.6 Å². The average molecular weight is 342 g/mol. The number of halogens is 2. The Morgan fingerprint density at radius 2 is 1.52 bits per heavy atom. The molecular weight excluding hydrogens is 330 g/mol. The highest BCUT2D eigenvalue weighted by molar-refractivity contribution is 7.86.